The summed E-state index contributed by atoms with van der Waals surface area (Å²) in [5.74, 6) is -0.361. The van der Waals surface area contributed by atoms with Crippen molar-refractivity contribution in [3.63, 3.8) is 0 Å². The van der Waals surface area contributed by atoms with E-state index in [9.17, 15) is 9.59 Å². The van der Waals surface area contributed by atoms with Crippen molar-refractivity contribution in [2.75, 3.05) is 0 Å². The van der Waals surface area contributed by atoms with Crippen LogP contribution in [-0.4, -0.2) is 24.0 Å². The molecule has 4 rings (SSSR count). The van der Waals surface area contributed by atoms with Crippen molar-refractivity contribution in [2.45, 2.75) is 44.2 Å². The van der Waals surface area contributed by atoms with Gasteiger partial charge in [0, 0.05) is 24.1 Å². The number of rotatable bonds is 5. The molecule has 4 heteroatoms. The molecule has 27 heavy (non-hydrogen) atoms. The van der Waals surface area contributed by atoms with Gasteiger partial charge in [-0.3, -0.25) is 4.79 Å². The van der Waals surface area contributed by atoms with Gasteiger partial charge in [0.2, 0.25) is 0 Å². The standard InChI is InChI=1S/C23H23NO3/c25-22(27-21-13-10-17-3-1-2-4-19(17)15-21)14-7-16-5-8-18(9-6-16)23(26)24-20-11-12-20/h1-9,14,20-21H,10-13,15H2,(H,24,26)/b14-7+. The molecule has 0 spiro atoms. The second-order valence-corrected chi connectivity index (χ2v) is 7.27. The molecule has 2 aliphatic rings. The number of carbonyl (C=O) groups excluding carboxylic acids is 2. The molecule has 0 aromatic heterocycles. The van der Waals surface area contributed by atoms with Crippen LogP contribution in [0, 0.1) is 0 Å². The molecule has 1 N–H and O–H groups in total. The number of hydrogen-bond acceptors (Lipinski definition) is 3. The van der Waals surface area contributed by atoms with Crippen LogP contribution in [0.2, 0.25) is 0 Å². The first-order chi connectivity index (χ1) is 13.2. The predicted octanol–water partition coefficient (Wildman–Crippen LogP) is 3.69. The van der Waals surface area contributed by atoms with Gasteiger partial charge in [0.05, 0.1) is 0 Å². The fourth-order valence-corrected chi connectivity index (χ4v) is 3.37. The van der Waals surface area contributed by atoms with Gasteiger partial charge in [0.25, 0.3) is 5.91 Å². The summed E-state index contributed by atoms with van der Waals surface area (Å²) in [4.78, 5) is 24.1. The van der Waals surface area contributed by atoms with Crippen LogP contribution < -0.4 is 5.32 Å². The van der Waals surface area contributed by atoms with Crippen LogP contribution in [0.4, 0.5) is 0 Å². The number of fused-ring (bicyclic) bond motifs is 1. The number of benzene rings is 2. The Kier molecular flexibility index (Phi) is 5.05. The van der Waals surface area contributed by atoms with Gasteiger partial charge in [-0.05, 0) is 60.6 Å². The molecule has 0 heterocycles. The third-order valence-corrected chi connectivity index (χ3v) is 5.08. The van der Waals surface area contributed by atoms with E-state index in [0.717, 1.165) is 37.7 Å². The second kappa shape index (κ2) is 7.78. The molecule has 138 valence electrons. The number of esters is 1. The highest BCUT2D eigenvalue weighted by molar-refractivity contribution is 5.95. The van der Waals surface area contributed by atoms with E-state index in [-0.39, 0.29) is 18.0 Å². The van der Waals surface area contributed by atoms with Crippen LogP contribution in [0.1, 0.15) is 46.3 Å². The summed E-state index contributed by atoms with van der Waals surface area (Å²) in [7, 11) is 0. The second-order valence-electron chi connectivity index (χ2n) is 7.27. The quantitative estimate of drug-likeness (QED) is 0.653. The van der Waals surface area contributed by atoms with Gasteiger partial charge >= 0.3 is 5.97 Å². The highest BCUT2D eigenvalue weighted by Crippen LogP contribution is 2.23. The summed E-state index contributed by atoms with van der Waals surface area (Å²) >= 11 is 0. The lowest BCUT2D eigenvalue weighted by Gasteiger charge is -2.24. The Morgan fingerprint density at radius 3 is 2.44 bits per heavy atom. The molecule has 1 unspecified atom stereocenters. The Balaban J connectivity index is 1.30. The van der Waals surface area contributed by atoms with Gasteiger partial charge in [0.15, 0.2) is 0 Å². The highest BCUT2D eigenvalue weighted by atomic mass is 16.5. The number of aryl methyl sites for hydroxylation is 1. The number of hydrogen-bond donors (Lipinski definition) is 1. The molecule has 0 radical (unpaired) electrons. The van der Waals surface area contributed by atoms with Gasteiger partial charge in [0.1, 0.15) is 6.10 Å². The molecule has 2 aliphatic carbocycles. The number of nitrogens with one attached hydrogen (secondary N) is 1. The van der Waals surface area contributed by atoms with Crippen molar-refractivity contribution >= 4 is 18.0 Å². The maximum Gasteiger partial charge on any atom is 0.331 e. The van der Waals surface area contributed by atoms with E-state index in [1.165, 1.54) is 17.2 Å². The van der Waals surface area contributed by atoms with Crippen LogP contribution in [0.25, 0.3) is 6.08 Å². The fraction of sp³-hybridized carbons (Fsp3) is 0.304. The topological polar surface area (TPSA) is 55.4 Å². The molecule has 2 aromatic carbocycles. The van der Waals surface area contributed by atoms with Gasteiger partial charge in [-0.2, -0.15) is 0 Å². The van der Waals surface area contributed by atoms with Crippen molar-refractivity contribution in [3.8, 4) is 0 Å². The van der Waals surface area contributed by atoms with Crippen molar-refractivity contribution in [3.05, 3.63) is 76.9 Å². The van der Waals surface area contributed by atoms with Gasteiger partial charge < -0.3 is 10.1 Å². The van der Waals surface area contributed by atoms with E-state index in [1.54, 1.807) is 18.2 Å². The molecule has 0 aliphatic heterocycles. The molecular formula is C23H23NO3. The summed E-state index contributed by atoms with van der Waals surface area (Å²) in [6, 6.07) is 15.9. The zero-order valence-electron chi connectivity index (χ0n) is 15.2. The van der Waals surface area contributed by atoms with E-state index in [4.69, 9.17) is 4.74 Å². The Morgan fingerprint density at radius 2 is 1.70 bits per heavy atom. The summed E-state index contributed by atoms with van der Waals surface area (Å²) in [5.41, 5.74) is 4.13. The smallest absolute Gasteiger partial charge is 0.331 e. The van der Waals surface area contributed by atoms with Crippen LogP contribution in [-0.2, 0) is 22.4 Å². The Bertz CT molecular complexity index is 865. The largest absolute Gasteiger partial charge is 0.459 e. The van der Waals surface area contributed by atoms with Gasteiger partial charge in [-0.1, -0.05) is 36.4 Å². The molecule has 0 saturated heterocycles. The van der Waals surface area contributed by atoms with Crippen LogP contribution in [0.15, 0.2) is 54.6 Å². The third-order valence-electron chi connectivity index (χ3n) is 5.08. The number of carbonyl (C=O) groups is 2. The molecule has 1 atom stereocenters. The monoisotopic (exact) mass is 361 g/mol. The summed E-state index contributed by atoms with van der Waals surface area (Å²) in [5, 5.41) is 2.96. The van der Waals surface area contributed by atoms with Crippen molar-refractivity contribution in [2.24, 2.45) is 0 Å². The van der Waals surface area contributed by atoms with E-state index in [0.29, 0.717) is 11.6 Å². The fourth-order valence-electron chi connectivity index (χ4n) is 3.37. The van der Waals surface area contributed by atoms with Crippen LogP contribution in [0.5, 0.6) is 0 Å². The average Bonchev–Trinajstić information content (AvgIpc) is 3.50. The van der Waals surface area contributed by atoms with E-state index < -0.39 is 0 Å². The summed E-state index contributed by atoms with van der Waals surface area (Å²) in [6.07, 6.45) is 7.85. The van der Waals surface area contributed by atoms with E-state index >= 15 is 0 Å². The number of amides is 1. The maximum absolute atomic E-state index is 12.1. The van der Waals surface area contributed by atoms with Gasteiger partial charge in [-0.15, -0.1) is 0 Å². The van der Waals surface area contributed by atoms with Gasteiger partial charge in [-0.25, -0.2) is 4.79 Å². The van der Waals surface area contributed by atoms with E-state index in [1.807, 2.05) is 18.2 Å². The minimum absolute atomic E-state index is 0.0370. The van der Waals surface area contributed by atoms with Crippen molar-refractivity contribution in [1.29, 1.82) is 0 Å². The summed E-state index contributed by atoms with van der Waals surface area (Å²) < 4.78 is 5.59. The van der Waals surface area contributed by atoms with Crippen molar-refractivity contribution < 1.29 is 14.3 Å². The minimum Gasteiger partial charge on any atom is -0.459 e. The SMILES string of the molecule is O=C(/C=C/c1ccc(C(=O)NC2CC2)cc1)OC1CCc2ccccc2C1. The molecule has 2 aromatic rings. The van der Waals surface area contributed by atoms with Crippen molar-refractivity contribution in [1.82, 2.24) is 5.32 Å². The summed E-state index contributed by atoms with van der Waals surface area (Å²) in [6.45, 7) is 0. The lowest BCUT2D eigenvalue weighted by Crippen LogP contribution is -2.25. The normalized spacial score (nSPS) is 18.7. The highest BCUT2D eigenvalue weighted by Gasteiger charge is 2.23. The lowest BCUT2D eigenvalue weighted by atomic mass is 9.90. The molecule has 1 saturated carbocycles. The third kappa shape index (κ3) is 4.64. The molecule has 1 amide bonds. The predicted molar refractivity (Wildman–Crippen MR) is 104 cm³/mol. The maximum atomic E-state index is 12.1. The van der Waals surface area contributed by atoms with Crippen LogP contribution in [0.3, 0.4) is 0 Å². The lowest BCUT2D eigenvalue weighted by molar-refractivity contribution is -0.143. The van der Waals surface area contributed by atoms with E-state index in [2.05, 4.69) is 23.5 Å². The first-order valence-corrected chi connectivity index (χ1v) is 9.54. The minimum atomic E-state index is -0.324. The Labute approximate surface area is 159 Å². The molecular weight excluding hydrogens is 338 g/mol. The first-order valence-electron chi connectivity index (χ1n) is 9.54. The zero-order chi connectivity index (χ0) is 18.6. The average molecular weight is 361 g/mol. The Hall–Kier alpha value is -2.88. The Morgan fingerprint density at radius 1 is 0.963 bits per heavy atom. The first kappa shape index (κ1) is 17.5. The van der Waals surface area contributed by atoms with Crippen LogP contribution >= 0.6 is 0 Å². The number of ether oxygens (including phenoxy) is 1. The molecule has 0 bridgehead atoms. The zero-order valence-corrected chi connectivity index (χ0v) is 15.2. The molecule has 4 nitrogen and oxygen atoms in total. The molecule has 1 fully saturated rings.